The first-order chi connectivity index (χ1) is 11.8. The van der Waals surface area contributed by atoms with E-state index in [9.17, 15) is 0 Å². The van der Waals surface area contributed by atoms with Gasteiger partial charge in [0.2, 0.25) is 0 Å². The van der Waals surface area contributed by atoms with Crippen molar-refractivity contribution >= 4 is 29.9 Å². The molecule has 25 heavy (non-hydrogen) atoms. The molecule has 1 saturated carbocycles. The number of rotatable bonds is 7. The van der Waals surface area contributed by atoms with Crippen LogP contribution in [0.2, 0.25) is 0 Å². The molecular formula is C17H30IN5O2. The molecule has 142 valence electrons. The monoisotopic (exact) mass is 463 g/mol. The highest BCUT2D eigenvalue weighted by molar-refractivity contribution is 14.0. The maximum absolute atomic E-state index is 5.91. The van der Waals surface area contributed by atoms with E-state index in [-0.39, 0.29) is 30.1 Å². The molecule has 0 radical (unpaired) electrons. The van der Waals surface area contributed by atoms with Crippen LogP contribution >= 0.6 is 24.0 Å². The molecule has 1 aliphatic carbocycles. The van der Waals surface area contributed by atoms with E-state index in [4.69, 9.17) is 14.5 Å². The number of hydrogen-bond acceptors (Lipinski definition) is 4. The lowest BCUT2D eigenvalue weighted by Crippen LogP contribution is -2.48. The molecule has 1 saturated heterocycles. The highest BCUT2D eigenvalue weighted by atomic mass is 127. The number of morpholine rings is 1. The summed E-state index contributed by atoms with van der Waals surface area (Å²) in [6, 6.07) is 0. The molecule has 0 amide bonds. The van der Waals surface area contributed by atoms with E-state index in [0.29, 0.717) is 19.8 Å². The molecule has 1 aromatic heterocycles. The average molecular weight is 463 g/mol. The van der Waals surface area contributed by atoms with E-state index in [1.165, 1.54) is 12.8 Å². The zero-order valence-electron chi connectivity index (χ0n) is 15.2. The number of halogens is 1. The minimum Gasteiger partial charge on any atom is -0.379 e. The van der Waals surface area contributed by atoms with E-state index in [2.05, 4.69) is 22.2 Å². The molecule has 8 heteroatoms. The fourth-order valence-electron chi connectivity index (χ4n) is 2.83. The van der Waals surface area contributed by atoms with Crippen LogP contribution in [0, 0.1) is 5.92 Å². The number of aliphatic imine (C=N–C) groups is 1. The topological polar surface area (TPSA) is 63.9 Å². The third kappa shape index (κ3) is 6.41. The zero-order chi connectivity index (χ0) is 16.8. The lowest BCUT2D eigenvalue weighted by atomic mass is 10.1. The molecule has 3 rings (SSSR count). The second-order valence-electron chi connectivity index (χ2n) is 6.51. The molecule has 1 unspecified atom stereocenters. The second-order valence-corrected chi connectivity index (χ2v) is 6.51. The van der Waals surface area contributed by atoms with Gasteiger partial charge in [-0.1, -0.05) is 0 Å². The van der Waals surface area contributed by atoms with Gasteiger partial charge in [0.15, 0.2) is 5.96 Å². The van der Waals surface area contributed by atoms with Crippen LogP contribution in [0.25, 0.3) is 0 Å². The Bertz CT molecular complexity index is 547. The van der Waals surface area contributed by atoms with Crippen molar-refractivity contribution in [3.63, 3.8) is 0 Å². The first kappa shape index (κ1) is 20.4. The Morgan fingerprint density at radius 2 is 2.32 bits per heavy atom. The highest BCUT2D eigenvalue weighted by Crippen LogP contribution is 2.28. The van der Waals surface area contributed by atoms with Gasteiger partial charge in [-0.15, -0.1) is 24.0 Å². The number of aryl methyl sites for hydroxylation is 1. The van der Waals surface area contributed by atoms with Crippen molar-refractivity contribution in [3.05, 3.63) is 18.0 Å². The van der Waals surface area contributed by atoms with Gasteiger partial charge in [-0.3, -0.25) is 9.67 Å². The van der Waals surface area contributed by atoms with Crippen molar-refractivity contribution in [2.24, 2.45) is 18.0 Å². The van der Waals surface area contributed by atoms with Gasteiger partial charge < -0.3 is 19.7 Å². The van der Waals surface area contributed by atoms with Crippen LogP contribution in [-0.2, 0) is 16.5 Å². The lowest BCUT2D eigenvalue weighted by Gasteiger charge is -2.34. The Labute approximate surface area is 167 Å². The number of hydrogen-bond donors (Lipinski definition) is 1. The summed E-state index contributed by atoms with van der Waals surface area (Å²) in [5, 5.41) is 7.63. The predicted octanol–water partition coefficient (Wildman–Crippen LogP) is 1.80. The van der Waals surface area contributed by atoms with Gasteiger partial charge in [-0.2, -0.15) is 5.10 Å². The summed E-state index contributed by atoms with van der Waals surface area (Å²) in [6.45, 7) is 7.58. The largest absolute Gasteiger partial charge is 0.379 e. The number of ether oxygens (including phenoxy) is 2. The molecule has 2 fully saturated rings. The fraction of sp³-hybridized carbons (Fsp3) is 0.765. The molecule has 1 atom stereocenters. The predicted molar refractivity (Wildman–Crippen MR) is 108 cm³/mol. The van der Waals surface area contributed by atoms with E-state index < -0.39 is 0 Å². The number of nitrogens with one attached hydrogen (secondary N) is 1. The molecule has 7 nitrogen and oxygen atoms in total. The van der Waals surface area contributed by atoms with Crippen molar-refractivity contribution in [1.82, 2.24) is 20.0 Å². The van der Waals surface area contributed by atoms with Gasteiger partial charge in [0, 0.05) is 38.5 Å². The average Bonchev–Trinajstić information content (AvgIpc) is 3.32. The number of guanidine groups is 1. The Balaban J connectivity index is 0.00000225. The normalized spacial score (nSPS) is 21.1. The standard InChI is InChI=1S/C17H29N5O2.HI/c1-3-18-17(19-6-8-23-13-14-4-5-14)22-7-9-24-16(12-22)15-10-20-21(2)11-15;/h10-11,14,16H,3-9,12-13H2,1-2H3,(H,18,19);1H. The van der Waals surface area contributed by atoms with Crippen molar-refractivity contribution in [3.8, 4) is 0 Å². The molecule has 0 aromatic carbocycles. The molecule has 1 aromatic rings. The van der Waals surface area contributed by atoms with Crippen LogP contribution in [0.3, 0.4) is 0 Å². The maximum Gasteiger partial charge on any atom is 0.194 e. The SMILES string of the molecule is CCNC(=NCCOCC1CC1)N1CCOC(c2cnn(C)c2)C1.I. The van der Waals surface area contributed by atoms with Crippen molar-refractivity contribution in [1.29, 1.82) is 0 Å². The molecule has 0 spiro atoms. The second kappa shape index (κ2) is 10.3. The van der Waals surface area contributed by atoms with E-state index >= 15 is 0 Å². The molecule has 1 N–H and O–H groups in total. The van der Waals surface area contributed by atoms with Crippen LogP contribution in [-0.4, -0.2) is 66.6 Å². The van der Waals surface area contributed by atoms with Crippen molar-refractivity contribution < 1.29 is 9.47 Å². The summed E-state index contributed by atoms with van der Waals surface area (Å²) in [5.74, 6) is 1.76. The van der Waals surface area contributed by atoms with E-state index in [1.54, 1.807) is 0 Å². The first-order valence-electron chi connectivity index (χ1n) is 8.97. The molecule has 2 aliphatic rings. The smallest absolute Gasteiger partial charge is 0.194 e. The van der Waals surface area contributed by atoms with Crippen LogP contribution in [0.15, 0.2) is 17.4 Å². The van der Waals surface area contributed by atoms with E-state index in [1.807, 2.05) is 24.1 Å². The lowest BCUT2D eigenvalue weighted by molar-refractivity contribution is -0.00809. The van der Waals surface area contributed by atoms with Gasteiger partial charge >= 0.3 is 0 Å². The van der Waals surface area contributed by atoms with Gasteiger partial charge in [0.1, 0.15) is 6.10 Å². The third-order valence-electron chi connectivity index (χ3n) is 4.35. The summed E-state index contributed by atoms with van der Waals surface area (Å²) >= 11 is 0. The Morgan fingerprint density at radius 1 is 1.48 bits per heavy atom. The summed E-state index contributed by atoms with van der Waals surface area (Å²) in [6.07, 6.45) is 6.60. The Hall–Kier alpha value is -0.870. The Kier molecular flexibility index (Phi) is 8.44. The van der Waals surface area contributed by atoms with Crippen molar-refractivity contribution in [2.75, 3.05) is 46.0 Å². The minimum atomic E-state index is 0. The summed E-state index contributed by atoms with van der Waals surface area (Å²) in [5.41, 5.74) is 1.12. The minimum absolute atomic E-state index is 0. The van der Waals surface area contributed by atoms with Gasteiger partial charge in [-0.25, -0.2) is 0 Å². The van der Waals surface area contributed by atoms with Crippen molar-refractivity contribution in [2.45, 2.75) is 25.9 Å². The highest BCUT2D eigenvalue weighted by Gasteiger charge is 2.25. The molecule has 1 aliphatic heterocycles. The molecule has 2 heterocycles. The van der Waals surface area contributed by atoms with Crippen LogP contribution in [0.5, 0.6) is 0 Å². The molecule has 0 bridgehead atoms. The van der Waals surface area contributed by atoms with Gasteiger partial charge in [-0.05, 0) is 25.7 Å². The van der Waals surface area contributed by atoms with Crippen LogP contribution < -0.4 is 5.32 Å². The van der Waals surface area contributed by atoms with E-state index in [0.717, 1.165) is 43.7 Å². The summed E-state index contributed by atoms with van der Waals surface area (Å²) < 4.78 is 13.4. The number of nitrogens with zero attached hydrogens (tertiary/aromatic N) is 4. The number of aromatic nitrogens is 2. The van der Waals surface area contributed by atoms with Gasteiger partial charge in [0.25, 0.3) is 0 Å². The van der Waals surface area contributed by atoms with Gasteiger partial charge in [0.05, 0.1) is 32.5 Å². The summed E-state index contributed by atoms with van der Waals surface area (Å²) in [7, 11) is 1.93. The third-order valence-corrected chi connectivity index (χ3v) is 4.35. The zero-order valence-corrected chi connectivity index (χ0v) is 17.5. The summed E-state index contributed by atoms with van der Waals surface area (Å²) in [4.78, 5) is 6.99. The maximum atomic E-state index is 5.91. The quantitative estimate of drug-likeness (QED) is 0.289. The Morgan fingerprint density at radius 3 is 3.00 bits per heavy atom. The van der Waals surface area contributed by atoms with Crippen LogP contribution in [0.4, 0.5) is 0 Å². The van der Waals surface area contributed by atoms with Crippen LogP contribution in [0.1, 0.15) is 31.4 Å². The fourth-order valence-corrected chi connectivity index (χ4v) is 2.83. The first-order valence-corrected chi connectivity index (χ1v) is 8.97. The molecular weight excluding hydrogens is 433 g/mol.